The molecule has 0 aromatic rings. The van der Waals surface area contributed by atoms with Crippen LogP contribution in [0.2, 0.25) is 0 Å². The van der Waals surface area contributed by atoms with Gasteiger partial charge in [-0.15, -0.1) is 0 Å². The molecule has 112 valence electrons. The van der Waals surface area contributed by atoms with Gasteiger partial charge in [0.05, 0.1) is 0 Å². The number of hydrogen-bond acceptors (Lipinski definition) is 3. The molecule has 0 amide bonds. The van der Waals surface area contributed by atoms with Gasteiger partial charge in [0.25, 0.3) is 0 Å². The Morgan fingerprint density at radius 1 is 0.900 bits per heavy atom. The summed E-state index contributed by atoms with van der Waals surface area (Å²) >= 11 is 0. The maximum absolute atomic E-state index is 3.78. The van der Waals surface area contributed by atoms with Crippen LogP contribution in [0.4, 0.5) is 0 Å². The summed E-state index contributed by atoms with van der Waals surface area (Å²) in [5.41, 5.74) is 4.25. The van der Waals surface area contributed by atoms with E-state index in [-0.39, 0.29) is 25.8 Å². The van der Waals surface area contributed by atoms with E-state index >= 15 is 0 Å². The van der Waals surface area contributed by atoms with Crippen LogP contribution < -0.4 is 0 Å². The van der Waals surface area contributed by atoms with Crippen LogP contribution in [0, 0.1) is 12.0 Å². The van der Waals surface area contributed by atoms with Crippen LogP contribution in [0.5, 0.6) is 0 Å². The zero-order valence-corrected chi connectivity index (χ0v) is 17.4. The second kappa shape index (κ2) is 7.26. The summed E-state index contributed by atoms with van der Waals surface area (Å²) in [4.78, 5) is 6.80. The van der Waals surface area contributed by atoms with E-state index in [1.807, 2.05) is 0 Å². The minimum atomic E-state index is 0. The second-order valence-electron chi connectivity index (χ2n) is 6.43. The minimum Gasteiger partial charge on any atom is -0.452 e. The standard InChI is InChI=1S/C16H28N3.Hf/c1-17(2)14-11-13(12-9-7-8-10-12)15(18(3)4)16(14)19(5)6;/h12,14H,7-10H2,1-6H3;/q-1;. The molecule has 0 aliphatic heterocycles. The molecule has 2 aliphatic rings. The van der Waals surface area contributed by atoms with Crippen LogP contribution in [0.3, 0.4) is 0 Å². The maximum Gasteiger partial charge on any atom is 0.00434 e. The quantitative estimate of drug-likeness (QED) is 0.490. The van der Waals surface area contributed by atoms with Crippen LogP contribution in [0.1, 0.15) is 25.7 Å². The summed E-state index contributed by atoms with van der Waals surface area (Å²) < 4.78 is 0. The van der Waals surface area contributed by atoms with Gasteiger partial charge in [0.2, 0.25) is 0 Å². The average Bonchev–Trinajstić information content (AvgIpc) is 2.95. The first-order valence-corrected chi connectivity index (χ1v) is 7.32. The van der Waals surface area contributed by atoms with Crippen LogP contribution >= 0.6 is 0 Å². The Morgan fingerprint density at radius 2 is 1.45 bits per heavy atom. The monoisotopic (exact) mass is 442 g/mol. The first kappa shape index (κ1) is 18.0. The van der Waals surface area contributed by atoms with Crippen molar-refractivity contribution >= 4 is 0 Å². The van der Waals surface area contributed by atoms with Gasteiger partial charge < -0.3 is 14.7 Å². The van der Waals surface area contributed by atoms with E-state index < -0.39 is 0 Å². The molecule has 0 bridgehead atoms. The smallest absolute Gasteiger partial charge is 0.00434 e. The van der Waals surface area contributed by atoms with Crippen LogP contribution in [0.25, 0.3) is 0 Å². The van der Waals surface area contributed by atoms with Crippen molar-refractivity contribution in [2.75, 3.05) is 42.3 Å². The summed E-state index contributed by atoms with van der Waals surface area (Å²) in [6, 6.07) is 0.294. The Balaban J connectivity index is 0.00000200. The molecule has 3 nitrogen and oxygen atoms in total. The van der Waals surface area contributed by atoms with Crippen molar-refractivity contribution in [1.82, 2.24) is 14.7 Å². The molecule has 0 N–H and O–H groups in total. The van der Waals surface area contributed by atoms with E-state index in [2.05, 4.69) is 63.1 Å². The van der Waals surface area contributed by atoms with E-state index in [0.29, 0.717) is 6.04 Å². The van der Waals surface area contributed by atoms with Crippen molar-refractivity contribution in [3.8, 4) is 0 Å². The van der Waals surface area contributed by atoms with Crippen molar-refractivity contribution in [3.63, 3.8) is 0 Å². The number of nitrogens with zero attached hydrogens (tertiary/aromatic N) is 3. The van der Waals surface area contributed by atoms with Crippen molar-refractivity contribution in [2.45, 2.75) is 31.7 Å². The molecule has 1 fully saturated rings. The largest absolute Gasteiger partial charge is 0.452 e. The van der Waals surface area contributed by atoms with Crippen LogP contribution in [0.15, 0.2) is 17.0 Å². The van der Waals surface area contributed by atoms with Crippen molar-refractivity contribution in [1.29, 1.82) is 0 Å². The van der Waals surface area contributed by atoms with Gasteiger partial charge in [0, 0.05) is 39.9 Å². The number of rotatable bonds is 4. The fourth-order valence-electron chi connectivity index (χ4n) is 3.38. The molecule has 4 heteroatoms. The summed E-state index contributed by atoms with van der Waals surface area (Å²) in [5.74, 6) is 0.720. The van der Waals surface area contributed by atoms with E-state index in [9.17, 15) is 0 Å². The van der Waals surface area contributed by atoms with Gasteiger partial charge in [0.1, 0.15) is 0 Å². The summed E-state index contributed by atoms with van der Waals surface area (Å²) in [5, 5.41) is 0. The zero-order valence-electron chi connectivity index (χ0n) is 13.8. The molecule has 0 saturated heterocycles. The molecule has 0 heterocycles. The predicted molar refractivity (Wildman–Crippen MR) is 80.6 cm³/mol. The molecule has 2 rings (SSSR count). The third-order valence-corrected chi connectivity index (χ3v) is 4.26. The third-order valence-electron chi connectivity index (χ3n) is 4.26. The van der Waals surface area contributed by atoms with Gasteiger partial charge in [0.15, 0.2) is 0 Å². The molecule has 0 aromatic heterocycles. The molecular weight excluding hydrogens is 413 g/mol. The molecule has 1 saturated carbocycles. The van der Waals surface area contributed by atoms with Gasteiger partial charge >= 0.3 is 0 Å². The van der Waals surface area contributed by atoms with Crippen molar-refractivity contribution in [2.24, 2.45) is 5.92 Å². The van der Waals surface area contributed by atoms with Crippen LogP contribution in [-0.2, 0) is 25.8 Å². The van der Waals surface area contributed by atoms with Gasteiger partial charge in [-0.3, -0.25) is 0 Å². The molecule has 0 spiro atoms. The van der Waals surface area contributed by atoms with Gasteiger partial charge in [-0.25, -0.2) is 6.08 Å². The zero-order chi connectivity index (χ0) is 14.2. The molecule has 20 heavy (non-hydrogen) atoms. The van der Waals surface area contributed by atoms with Crippen molar-refractivity contribution in [3.05, 3.63) is 23.0 Å². The number of likely N-dealkylation sites (N-methyl/N-ethyl adjacent to an activating group) is 3. The van der Waals surface area contributed by atoms with Crippen molar-refractivity contribution < 1.29 is 25.8 Å². The topological polar surface area (TPSA) is 9.72 Å². The summed E-state index contributed by atoms with van der Waals surface area (Å²) in [6.45, 7) is 0. The van der Waals surface area contributed by atoms with E-state index in [0.717, 1.165) is 5.92 Å². The minimum absolute atomic E-state index is 0. The normalized spacial score (nSPS) is 23.1. The van der Waals surface area contributed by atoms with Gasteiger partial charge in [-0.05, 0) is 58.7 Å². The maximum atomic E-state index is 3.78. The third kappa shape index (κ3) is 3.38. The Morgan fingerprint density at radius 3 is 1.85 bits per heavy atom. The molecule has 1 unspecified atom stereocenters. The summed E-state index contributed by atoms with van der Waals surface area (Å²) in [6.07, 6.45) is 9.20. The van der Waals surface area contributed by atoms with Gasteiger partial charge in [-0.1, -0.05) is 18.5 Å². The predicted octanol–water partition coefficient (Wildman–Crippen LogP) is 2.18. The first-order chi connectivity index (χ1) is 8.93. The summed E-state index contributed by atoms with van der Waals surface area (Å²) in [7, 11) is 12.9. The first-order valence-electron chi connectivity index (χ1n) is 7.32. The average molecular weight is 441 g/mol. The van der Waals surface area contributed by atoms with E-state index in [1.165, 1.54) is 42.7 Å². The fraction of sp³-hybridized carbons (Fsp3) is 0.750. The molecule has 1 atom stereocenters. The van der Waals surface area contributed by atoms with Crippen LogP contribution in [-0.4, -0.2) is 63.0 Å². The molecular formula is C16H28HfN3-. The SMILES string of the molecule is CN(C)C1=C(N(C)C)C(N(C)C)[C-]=C1C1CCCC1.[Hf]. The van der Waals surface area contributed by atoms with E-state index in [1.54, 1.807) is 0 Å². The second-order valence-corrected chi connectivity index (χ2v) is 6.43. The number of hydrogen-bond donors (Lipinski definition) is 0. The Hall–Kier alpha value is -0.0899. The Labute approximate surface area is 143 Å². The Kier molecular flexibility index (Phi) is 6.52. The molecule has 0 aromatic carbocycles. The van der Waals surface area contributed by atoms with Gasteiger partial charge in [-0.2, -0.15) is 5.57 Å². The number of allylic oxidation sites excluding steroid dienone is 1. The van der Waals surface area contributed by atoms with E-state index in [4.69, 9.17) is 0 Å². The fourth-order valence-corrected chi connectivity index (χ4v) is 3.38. The molecule has 0 radical (unpaired) electrons. The Bertz CT molecular complexity index is 391. The molecule has 2 aliphatic carbocycles.